The Labute approximate surface area is 183 Å². The second kappa shape index (κ2) is 10.1. The van der Waals surface area contributed by atoms with Gasteiger partial charge in [0, 0.05) is 17.5 Å². The van der Waals surface area contributed by atoms with Gasteiger partial charge in [-0.05, 0) is 60.7 Å². The molecule has 0 bridgehead atoms. The van der Waals surface area contributed by atoms with E-state index in [1.165, 1.54) is 6.92 Å². The Kier molecular flexibility index (Phi) is 7.24. The Balaban J connectivity index is 2.02. The van der Waals surface area contributed by atoms with Crippen LogP contribution in [-0.2, 0) is 6.61 Å². The van der Waals surface area contributed by atoms with E-state index in [0.29, 0.717) is 35.7 Å². The maximum atomic E-state index is 12.8. The molecule has 3 aromatic rings. The van der Waals surface area contributed by atoms with Crippen molar-refractivity contribution in [3.05, 3.63) is 82.9 Å². The van der Waals surface area contributed by atoms with Gasteiger partial charge in [0.1, 0.15) is 6.61 Å². The zero-order valence-corrected chi connectivity index (χ0v) is 18.5. The molecule has 0 spiro atoms. The predicted octanol–water partition coefficient (Wildman–Crippen LogP) is 6.44. The molecule has 160 valence electrons. The zero-order valence-electron chi connectivity index (χ0n) is 18.5. The highest BCUT2D eigenvalue weighted by atomic mass is 16.5. The van der Waals surface area contributed by atoms with E-state index in [0.717, 1.165) is 28.7 Å². The average molecular weight is 417 g/mol. The quantitative estimate of drug-likeness (QED) is 0.377. The van der Waals surface area contributed by atoms with Crippen molar-refractivity contribution >= 4 is 11.6 Å². The van der Waals surface area contributed by atoms with Crippen LogP contribution < -0.4 is 9.47 Å². The van der Waals surface area contributed by atoms with Crippen LogP contribution in [0.25, 0.3) is 11.1 Å². The zero-order chi connectivity index (χ0) is 22.4. The van der Waals surface area contributed by atoms with Crippen molar-refractivity contribution in [2.45, 2.75) is 40.2 Å². The van der Waals surface area contributed by atoms with Crippen LogP contribution in [0.4, 0.5) is 0 Å². The van der Waals surface area contributed by atoms with E-state index in [-0.39, 0.29) is 11.6 Å². The number of ether oxygens (including phenoxy) is 2. The lowest BCUT2D eigenvalue weighted by Crippen LogP contribution is -2.05. The molecule has 4 nitrogen and oxygen atoms in total. The van der Waals surface area contributed by atoms with Crippen LogP contribution in [0.1, 0.15) is 58.5 Å². The number of hydrogen-bond donors (Lipinski definition) is 0. The normalized spacial score (nSPS) is 10.6. The number of carbonyl (C=O) groups is 2. The van der Waals surface area contributed by atoms with Crippen molar-refractivity contribution in [3.63, 3.8) is 0 Å². The van der Waals surface area contributed by atoms with E-state index in [9.17, 15) is 9.59 Å². The summed E-state index contributed by atoms with van der Waals surface area (Å²) in [4.78, 5) is 24.7. The van der Waals surface area contributed by atoms with Gasteiger partial charge in [0.15, 0.2) is 23.1 Å². The first-order valence-corrected chi connectivity index (χ1v) is 10.5. The summed E-state index contributed by atoms with van der Waals surface area (Å²) in [6.45, 7) is 5.90. The van der Waals surface area contributed by atoms with E-state index in [2.05, 4.69) is 0 Å². The van der Waals surface area contributed by atoms with E-state index >= 15 is 0 Å². The minimum absolute atomic E-state index is 0.0309. The molecule has 3 aromatic carbocycles. The first kappa shape index (κ1) is 22.3. The number of carbonyl (C=O) groups excluding carboxylic acids is 2. The molecule has 31 heavy (non-hydrogen) atoms. The number of methoxy groups -OCH3 is 1. The summed E-state index contributed by atoms with van der Waals surface area (Å²) in [5, 5.41) is 0. The first-order chi connectivity index (χ1) is 14.9. The van der Waals surface area contributed by atoms with E-state index < -0.39 is 0 Å². The second-order valence-corrected chi connectivity index (χ2v) is 7.58. The van der Waals surface area contributed by atoms with Crippen LogP contribution in [0.3, 0.4) is 0 Å². The monoisotopic (exact) mass is 416 g/mol. The molecule has 0 atom stereocenters. The number of hydrogen-bond acceptors (Lipinski definition) is 4. The lowest BCUT2D eigenvalue weighted by atomic mass is 9.90. The van der Waals surface area contributed by atoms with Crippen LogP contribution in [0.2, 0.25) is 0 Å². The number of ketones is 2. The van der Waals surface area contributed by atoms with Gasteiger partial charge < -0.3 is 9.47 Å². The van der Waals surface area contributed by atoms with Crippen molar-refractivity contribution in [2.24, 2.45) is 0 Å². The van der Waals surface area contributed by atoms with Crippen molar-refractivity contribution in [1.82, 2.24) is 0 Å². The topological polar surface area (TPSA) is 52.6 Å². The summed E-state index contributed by atoms with van der Waals surface area (Å²) in [5.41, 5.74) is 4.82. The third-order valence-corrected chi connectivity index (χ3v) is 5.24. The number of benzene rings is 3. The summed E-state index contributed by atoms with van der Waals surface area (Å²) in [6.07, 6.45) is 1.18. The highest BCUT2D eigenvalue weighted by molar-refractivity contribution is 6.05. The summed E-state index contributed by atoms with van der Waals surface area (Å²) in [6, 6.07) is 19.1. The van der Waals surface area contributed by atoms with Gasteiger partial charge in [-0.15, -0.1) is 0 Å². The third kappa shape index (κ3) is 5.21. The Hall–Kier alpha value is -3.40. The van der Waals surface area contributed by atoms with E-state index in [1.54, 1.807) is 19.2 Å². The predicted molar refractivity (Wildman–Crippen MR) is 123 cm³/mol. The van der Waals surface area contributed by atoms with E-state index in [1.807, 2.05) is 62.4 Å². The van der Waals surface area contributed by atoms with Crippen molar-refractivity contribution in [3.8, 4) is 22.6 Å². The first-order valence-electron chi connectivity index (χ1n) is 10.5. The van der Waals surface area contributed by atoms with Crippen LogP contribution in [0.15, 0.2) is 60.7 Å². The molecule has 0 saturated carbocycles. The summed E-state index contributed by atoms with van der Waals surface area (Å²) < 4.78 is 11.6. The lowest BCUT2D eigenvalue weighted by molar-refractivity contribution is 0.0982. The number of rotatable bonds is 9. The maximum Gasteiger partial charge on any atom is 0.163 e. The van der Waals surface area contributed by atoms with Crippen molar-refractivity contribution in [1.29, 1.82) is 0 Å². The molecule has 4 heteroatoms. The highest BCUT2D eigenvalue weighted by Gasteiger charge is 2.18. The fraction of sp³-hybridized carbons (Fsp3) is 0.259. The van der Waals surface area contributed by atoms with Gasteiger partial charge >= 0.3 is 0 Å². The van der Waals surface area contributed by atoms with Gasteiger partial charge in [0.2, 0.25) is 0 Å². The Morgan fingerprint density at radius 1 is 0.903 bits per heavy atom. The highest BCUT2D eigenvalue weighted by Crippen LogP contribution is 2.38. The molecule has 0 N–H and O–H groups in total. The summed E-state index contributed by atoms with van der Waals surface area (Å²) in [7, 11) is 1.60. The third-order valence-electron chi connectivity index (χ3n) is 5.24. The SMILES string of the molecule is CCCC(=O)c1cc(C(C)=O)ccc1-c1cc(OC)c(OCc2ccccc2)cc1C. The Bertz CT molecular complexity index is 1080. The molecule has 0 aliphatic rings. The van der Waals surface area contributed by atoms with Crippen molar-refractivity contribution < 1.29 is 19.1 Å². The molecular weight excluding hydrogens is 388 g/mol. The van der Waals surface area contributed by atoms with Crippen LogP contribution in [0.5, 0.6) is 11.5 Å². The summed E-state index contributed by atoms with van der Waals surface area (Å²) >= 11 is 0. The Morgan fingerprint density at radius 3 is 2.29 bits per heavy atom. The molecule has 0 heterocycles. The standard InChI is InChI=1S/C27H28O4/c1-5-9-25(29)24-15-21(19(3)28)12-13-22(24)23-16-26(30-4)27(14-18(23)2)31-17-20-10-7-6-8-11-20/h6-8,10-16H,5,9,17H2,1-4H3. The van der Waals surface area contributed by atoms with Gasteiger partial charge in [-0.1, -0.05) is 49.4 Å². The van der Waals surface area contributed by atoms with Gasteiger partial charge in [-0.3, -0.25) is 9.59 Å². The molecular formula is C27H28O4. The van der Waals surface area contributed by atoms with Gasteiger partial charge in [-0.25, -0.2) is 0 Å². The van der Waals surface area contributed by atoms with Gasteiger partial charge in [-0.2, -0.15) is 0 Å². The average Bonchev–Trinajstić information content (AvgIpc) is 2.78. The van der Waals surface area contributed by atoms with Crippen molar-refractivity contribution in [2.75, 3.05) is 7.11 Å². The molecule has 0 radical (unpaired) electrons. The second-order valence-electron chi connectivity index (χ2n) is 7.58. The van der Waals surface area contributed by atoms with Crippen LogP contribution in [0, 0.1) is 6.92 Å². The molecule has 0 saturated heterocycles. The van der Waals surface area contributed by atoms with Crippen LogP contribution >= 0.6 is 0 Å². The molecule has 3 rings (SSSR count). The molecule has 0 unspecified atom stereocenters. The van der Waals surface area contributed by atoms with Crippen LogP contribution in [-0.4, -0.2) is 18.7 Å². The number of aryl methyl sites for hydroxylation is 1. The molecule has 0 aliphatic carbocycles. The molecule has 0 aromatic heterocycles. The van der Waals surface area contributed by atoms with E-state index in [4.69, 9.17) is 9.47 Å². The fourth-order valence-corrected chi connectivity index (χ4v) is 3.55. The minimum atomic E-state index is -0.0592. The molecule has 0 aliphatic heterocycles. The lowest BCUT2D eigenvalue weighted by Gasteiger charge is -2.17. The van der Waals surface area contributed by atoms with Gasteiger partial charge in [0.05, 0.1) is 7.11 Å². The van der Waals surface area contributed by atoms with Gasteiger partial charge in [0.25, 0.3) is 0 Å². The number of Topliss-reactive ketones (excluding diaryl/α,β-unsaturated/α-hetero) is 2. The maximum absolute atomic E-state index is 12.8. The Morgan fingerprint density at radius 2 is 1.65 bits per heavy atom. The molecule has 0 amide bonds. The largest absolute Gasteiger partial charge is 0.493 e. The summed E-state index contributed by atoms with van der Waals surface area (Å²) in [5.74, 6) is 1.22. The smallest absolute Gasteiger partial charge is 0.163 e. The molecule has 0 fully saturated rings. The fourth-order valence-electron chi connectivity index (χ4n) is 3.55. The minimum Gasteiger partial charge on any atom is -0.493 e.